The predicted octanol–water partition coefficient (Wildman–Crippen LogP) is 4.78. The highest BCUT2D eigenvalue weighted by atomic mass is 32.2. The van der Waals surface area contributed by atoms with Crippen LogP contribution >= 0.6 is 24.0 Å². The number of thiocarbonyl (C=S) groups is 1. The molecule has 0 aliphatic heterocycles. The lowest BCUT2D eigenvalue weighted by molar-refractivity contribution is 0.0526. The van der Waals surface area contributed by atoms with Crippen LogP contribution in [0.5, 0.6) is 0 Å². The molecule has 0 unspecified atom stereocenters. The van der Waals surface area contributed by atoms with Crippen LogP contribution in [-0.2, 0) is 10.5 Å². The zero-order chi connectivity index (χ0) is 19.5. The van der Waals surface area contributed by atoms with E-state index in [0.717, 1.165) is 35.7 Å². The number of hydrogen-bond donors (Lipinski definition) is 2. The van der Waals surface area contributed by atoms with E-state index in [-0.39, 0.29) is 5.97 Å². The highest BCUT2D eigenvalue weighted by Crippen LogP contribution is 2.18. The average molecular weight is 403 g/mol. The van der Waals surface area contributed by atoms with Gasteiger partial charge >= 0.3 is 5.97 Å². The molecule has 0 spiro atoms. The number of esters is 1. The first kappa shape index (κ1) is 21.3. The molecular formula is C21H26N2O2S2. The van der Waals surface area contributed by atoms with Crippen LogP contribution < -0.4 is 10.6 Å². The summed E-state index contributed by atoms with van der Waals surface area (Å²) in [6, 6.07) is 15.9. The molecule has 144 valence electrons. The summed E-state index contributed by atoms with van der Waals surface area (Å²) in [6.07, 6.45) is 1.03. The number of hydrogen-bond acceptors (Lipinski definition) is 4. The third kappa shape index (κ3) is 7.61. The van der Waals surface area contributed by atoms with E-state index in [9.17, 15) is 4.79 Å². The number of carbonyl (C=O) groups excluding carboxylic acids is 1. The molecule has 0 aliphatic rings. The van der Waals surface area contributed by atoms with Crippen molar-refractivity contribution in [3.05, 3.63) is 65.2 Å². The highest BCUT2D eigenvalue weighted by molar-refractivity contribution is 7.98. The van der Waals surface area contributed by atoms with E-state index < -0.39 is 0 Å². The summed E-state index contributed by atoms with van der Waals surface area (Å²) in [7, 11) is 0. The molecule has 2 aromatic rings. The van der Waals surface area contributed by atoms with Crippen molar-refractivity contribution in [1.82, 2.24) is 5.32 Å². The van der Waals surface area contributed by atoms with Crippen LogP contribution in [0.2, 0.25) is 0 Å². The fourth-order valence-corrected chi connectivity index (χ4v) is 3.54. The SMILES string of the molecule is CCOC(=O)c1ccc(C)c(NC(=S)NCCCSCc2ccccc2)c1. The minimum atomic E-state index is -0.324. The molecule has 0 aromatic heterocycles. The number of carbonyl (C=O) groups is 1. The van der Waals surface area contributed by atoms with Crippen molar-refractivity contribution in [3.63, 3.8) is 0 Å². The molecule has 0 radical (unpaired) electrons. The number of anilines is 1. The summed E-state index contributed by atoms with van der Waals surface area (Å²) in [5.74, 6) is 1.78. The number of ether oxygens (including phenoxy) is 1. The third-order valence-corrected chi connectivity index (χ3v) is 5.22. The second kappa shape index (κ2) is 11.6. The molecule has 0 saturated carbocycles. The first-order valence-corrected chi connectivity index (χ1v) is 10.6. The van der Waals surface area contributed by atoms with Gasteiger partial charge in [0.1, 0.15) is 0 Å². The first-order valence-electron chi connectivity index (χ1n) is 9.04. The Hall–Kier alpha value is -2.05. The summed E-state index contributed by atoms with van der Waals surface area (Å²) in [5.41, 5.74) is 3.71. The van der Waals surface area contributed by atoms with Gasteiger partial charge in [0.05, 0.1) is 12.2 Å². The fraction of sp³-hybridized carbons (Fsp3) is 0.333. The van der Waals surface area contributed by atoms with Gasteiger partial charge in [-0.25, -0.2) is 4.79 Å². The summed E-state index contributed by atoms with van der Waals surface area (Å²) < 4.78 is 5.04. The second-order valence-electron chi connectivity index (χ2n) is 6.02. The Balaban J connectivity index is 1.70. The third-order valence-electron chi connectivity index (χ3n) is 3.86. The van der Waals surface area contributed by atoms with Crippen LogP contribution in [0.4, 0.5) is 5.69 Å². The summed E-state index contributed by atoms with van der Waals surface area (Å²) in [4.78, 5) is 11.9. The van der Waals surface area contributed by atoms with Crippen molar-refractivity contribution >= 4 is 40.7 Å². The van der Waals surface area contributed by atoms with Crippen molar-refractivity contribution in [2.45, 2.75) is 26.0 Å². The molecule has 0 fully saturated rings. The Bertz CT molecular complexity index is 751. The van der Waals surface area contributed by atoms with Crippen molar-refractivity contribution in [3.8, 4) is 0 Å². The van der Waals surface area contributed by atoms with Crippen LogP contribution in [0.3, 0.4) is 0 Å². The fourth-order valence-electron chi connectivity index (χ4n) is 2.40. The maximum absolute atomic E-state index is 11.9. The van der Waals surface area contributed by atoms with Crippen molar-refractivity contribution in [2.24, 2.45) is 0 Å². The van der Waals surface area contributed by atoms with Crippen LogP contribution in [-0.4, -0.2) is 30.0 Å². The number of rotatable bonds is 9. The van der Waals surface area contributed by atoms with Gasteiger partial charge in [-0.1, -0.05) is 36.4 Å². The molecule has 0 bridgehead atoms. The molecule has 0 aliphatic carbocycles. The molecule has 0 saturated heterocycles. The van der Waals surface area contributed by atoms with Crippen molar-refractivity contribution < 1.29 is 9.53 Å². The van der Waals surface area contributed by atoms with Crippen molar-refractivity contribution in [1.29, 1.82) is 0 Å². The van der Waals surface area contributed by atoms with Crippen LogP contribution in [0, 0.1) is 6.92 Å². The molecule has 0 atom stereocenters. The average Bonchev–Trinajstić information content (AvgIpc) is 2.67. The van der Waals surface area contributed by atoms with Crippen molar-refractivity contribution in [2.75, 3.05) is 24.2 Å². The Morgan fingerprint density at radius 3 is 2.70 bits per heavy atom. The Labute approximate surface area is 171 Å². The number of aryl methyl sites for hydroxylation is 1. The minimum Gasteiger partial charge on any atom is -0.462 e. The predicted molar refractivity (Wildman–Crippen MR) is 119 cm³/mol. The maximum Gasteiger partial charge on any atom is 0.338 e. The molecule has 2 rings (SSSR count). The van der Waals surface area contributed by atoms with Gasteiger partial charge in [0.25, 0.3) is 0 Å². The Morgan fingerprint density at radius 2 is 1.96 bits per heavy atom. The highest BCUT2D eigenvalue weighted by Gasteiger charge is 2.09. The van der Waals surface area contributed by atoms with E-state index in [1.807, 2.05) is 30.8 Å². The molecule has 2 aromatic carbocycles. The topological polar surface area (TPSA) is 50.4 Å². The van der Waals surface area contributed by atoms with Crippen LogP contribution in [0.25, 0.3) is 0 Å². The normalized spacial score (nSPS) is 10.3. The number of thioether (sulfide) groups is 1. The van der Waals surface area contributed by atoms with E-state index in [0.29, 0.717) is 17.3 Å². The van der Waals surface area contributed by atoms with E-state index >= 15 is 0 Å². The summed E-state index contributed by atoms with van der Waals surface area (Å²) in [5, 5.41) is 6.95. The Kier molecular flexibility index (Phi) is 9.15. The van der Waals surface area contributed by atoms with E-state index in [4.69, 9.17) is 17.0 Å². The number of nitrogens with one attached hydrogen (secondary N) is 2. The molecule has 0 amide bonds. The largest absolute Gasteiger partial charge is 0.462 e. The molecule has 27 heavy (non-hydrogen) atoms. The maximum atomic E-state index is 11.9. The van der Waals surface area contributed by atoms with E-state index in [1.165, 1.54) is 5.56 Å². The quantitative estimate of drug-likeness (QED) is 0.358. The molecular weight excluding hydrogens is 376 g/mol. The standard InChI is InChI=1S/C21H26N2O2S2/c1-3-25-20(24)18-11-10-16(2)19(14-18)23-21(26)22-12-7-13-27-15-17-8-5-4-6-9-17/h4-6,8-11,14H,3,7,12-13,15H2,1-2H3,(H2,22,23,26). The van der Waals surface area contributed by atoms with Gasteiger partial charge in [-0.3, -0.25) is 0 Å². The molecule has 4 nitrogen and oxygen atoms in total. The first-order chi connectivity index (χ1) is 13.1. The lowest BCUT2D eigenvalue weighted by Crippen LogP contribution is -2.29. The smallest absolute Gasteiger partial charge is 0.338 e. The molecule has 0 heterocycles. The van der Waals surface area contributed by atoms with Gasteiger partial charge in [0, 0.05) is 18.0 Å². The number of benzene rings is 2. The van der Waals surface area contributed by atoms with E-state index in [2.05, 4.69) is 34.9 Å². The van der Waals surface area contributed by atoms with E-state index in [1.54, 1.807) is 19.1 Å². The van der Waals surface area contributed by atoms with Gasteiger partial charge in [0.2, 0.25) is 0 Å². The summed E-state index contributed by atoms with van der Waals surface area (Å²) >= 11 is 7.28. The molecule has 6 heteroatoms. The lowest BCUT2D eigenvalue weighted by atomic mass is 10.1. The van der Waals surface area contributed by atoms with Gasteiger partial charge in [-0.2, -0.15) is 11.8 Å². The zero-order valence-corrected chi connectivity index (χ0v) is 17.4. The van der Waals surface area contributed by atoms with Gasteiger partial charge in [-0.05, 0) is 61.5 Å². The van der Waals surface area contributed by atoms with Gasteiger partial charge in [-0.15, -0.1) is 0 Å². The second-order valence-corrected chi connectivity index (χ2v) is 7.54. The van der Waals surface area contributed by atoms with Crippen LogP contribution in [0.1, 0.15) is 34.8 Å². The monoisotopic (exact) mass is 402 g/mol. The lowest BCUT2D eigenvalue weighted by Gasteiger charge is -2.13. The minimum absolute atomic E-state index is 0.324. The van der Waals surface area contributed by atoms with Gasteiger partial charge in [0.15, 0.2) is 5.11 Å². The Morgan fingerprint density at radius 1 is 1.19 bits per heavy atom. The van der Waals surface area contributed by atoms with Gasteiger partial charge < -0.3 is 15.4 Å². The van der Waals surface area contributed by atoms with Crippen LogP contribution in [0.15, 0.2) is 48.5 Å². The molecule has 2 N–H and O–H groups in total. The summed E-state index contributed by atoms with van der Waals surface area (Å²) in [6.45, 7) is 4.94. The zero-order valence-electron chi connectivity index (χ0n) is 15.8.